The molecule has 0 bridgehead atoms. The summed E-state index contributed by atoms with van der Waals surface area (Å²) in [6.07, 6.45) is 5.29. The Labute approximate surface area is 117 Å². The van der Waals surface area contributed by atoms with Crippen LogP contribution in [0.25, 0.3) is 11.3 Å². The van der Waals surface area contributed by atoms with Gasteiger partial charge in [0.1, 0.15) is 12.1 Å². The molecule has 0 unspecified atom stereocenters. The van der Waals surface area contributed by atoms with Crippen molar-refractivity contribution in [1.29, 1.82) is 0 Å². The Hall–Kier alpha value is -1.97. The summed E-state index contributed by atoms with van der Waals surface area (Å²) in [6, 6.07) is 6.32. The molecule has 1 aromatic heterocycles. The second-order valence-electron chi connectivity index (χ2n) is 5.27. The van der Waals surface area contributed by atoms with Crippen molar-refractivity contribution < 1.29 is 9.13 Å². The number of rotatable bonds is 4. The zero-order valence-corrected chi connectivity index (χ0v) is 11.5. The summed E-state index contributed by atoms with van der Waals surface area (Å²) in [4.78, 5) is 8.49. The molecule has 0 amide bonds. The van der Waals surface area contributed by atoms with Crippen molar-refractivity contribution in [2.75, 3.05) is 6.61 Å². The second-order valence-corrected chi connectivity index (χ2v) is 5.27. The first kappa shape index (κ1) is 13.0. The van der Waals surface area contributed by atoms with E-state index in [2.05, 4.69) is 9.97 Å². The van der Waals surface area contributed by atoms with Gasteiger partial charge in [0, 0.05) is 11.1 Å². The third-order valence-electron chi connectivity index (χ3n) is 3.84. The lowest BCUT2D eigenvalue weighted by Gasteiger charge is -2.25. The maximum atomic E-state index is 13.0. The van der Waals surface area contributed by atoms with Crippen LogP contribution in [0.3, 0.4) is 0 Å². The average Bonchev–Trinajstić information content (AvgIpc) is 2.40. The van der Waals surface area contributed by atoms with Crippen LogP contribution in [0.5, 0.6) is 5.88 Å². The molecule has 0 saturated heterocycles. The van der Waals surface area contributed by atoms with Crippen LogP contribution >= 0.6 is 0 Å². The molecule has 0 N–H and O–H groups in total. The van der Waals surface area contributed by atoms with E-state index in [0.717, 1.165) is 23.4 Å². The van der Waals surface area contributed by atoms with Gasteiger partial charge < -0.3 is 4.74 Å². The third kappa shape index (κ3) is 2.64. The first-order valence-corrected chi connectivity index (χ1v) is 6.94. The highest BCUT2D eigenvalue weighted by Gasteiger charge is 2.19. The molecule has 1 aliphatic rings. The highest BCUT2D eigenvalue weighted by Crippen LogP contribution is 2.29. The molecule has 3 nitrogen and oxygen atoms in total. The van der Waals surface area contributed by atoms with E-state index in [9.17, 15) is 4.39 Å². The SMILES string of the molecule is Cc1c(OCC2CCC2)ncnc1-c1ccc(F)cc1. The van der Waals surface area contributed by atoms with Gasteiger partial charge in [-0.05, 0) is 49.9 Å². The third-order valence-corrected chi connectivity index (χ3v) is 3.84. The van der Waals surface area contributed by atoms with Crippen molar-refractivity contribution in [3.05, 3.63) is 42.0 Å². The molecule has 0 radical (unpaired) electrons. The predicted molar refractivity (Wildman–Crippen MR) is 75.0 cm³/mol. The fourth-order valence-electron chi connectivity index (χ4n) is 2.33. The molecular formula is C16H17FN2O. The molecule has 1 heterocycles. The Morgan fingerprint density at radius 1 is 1.20 bits per heavy atom. The number of hydrogen-bond acceptors (Lipinski definition) is 3. The Morgan fingerprint density at radius 2 is 1.95 bits per heavy atom. The minimum atomic E-state index is -0.248. The van der Waals surface area contributed by atoms with Gasteiger partial charge in [0.2, 0.25) is 5.88 Å². The number of ether oxygens (including phenoxy) is 1. The largest absolute Gasteiger partial charge is 0.477 e. The fraction of sp³-hybridized carbons (Fsp3) is 0.375. The second kappa shape index (κ2) is 5.57. The maximum absolute atomic E-state index is 13.0. The number of aromatic nitrogens is 2. The van der Waals surface area contributed by atoms with E-state index >= 15 is 0 Å². The maximum Gasteiger partial charge on any atom is 0.219 e. The Kier molecular flexibility index (Phi) is 3.63. The van der Waals surface area contributed by atoms with Gasteiger partial charge in [0.25, 0.3) is 0 Å². The van der Waals surface area contributed by atoms with Crippen LogP contribution in [-0.4, -0.2) is 16.6 Å². The molecule has 1 saturated carbocycles. The predicted octanol–water partition coefficient (Wildman–Crippen LogP) is 3.77. The quantitative estimate of drug-likeness (QED) is 0.849. The molecule has 1 fully saturated rings. The van der Waals surface area contributed by atoms with Crippen LogP contribution in [0.15, 0.2) is 30.6 Å². The molecule has 0 spiro atoms. The van der Waals surface area contributed by atoms with Crippen LogP contribution in [0.2, 0.25) is 0 Å². The standard InChI is InChI=1S/C16H17FN2O/c1-11-15(13-5-7-14(17)8-6-13)18-10-19-16(11)20-9-12-3-2-4-12/h5-8,10,12H,2-4,9H2,1H3. The number of halogens is 1. The Bertz CT molecular complexity index is 594. The first-order valence-electron chi connectivity index (χ1n) is 6.94. The van der Waals surface area contributed by atoms with Crippen molar-refractivity contribution in [2.45, 2.75) is 26.2 Å². The molecule has 3 rings (SSSR count). The molecule has 1 aromatic carbocycles. The van der Waals surface area contributed by atoms with Crippen molar-refractivity contribution in [1.82, 2.24) is 9.97 Å². The van der Waals surface area contributed by atoms with Gasteiger partial charge in [-0.25, -0.2) is 14.4 Å². The van der Waals surface area contributed by atoms with Crippen molar-refractivity contribution in [3.63, 3.8) is 0 Å². The van der Waals surface area contributed by atoms with Crippen LogP contribution in [0.4, 0.5) is 4.39 Å². The van der Waals surface area contributed by atoms with Gasteiger partial charge in [-0.15, -0.1) is 0 Å². The summed E-state index contributed by atoms with van der Waals surface area (Å²) in [7, 11) is 0. The van der Waals surface area contributed by atoms with E-state index in [1.807, 2.05) is 6.92 Å². The molecule has 104 valence electrons. The lowest BCUT2D eigenvalue weighted by molar-refractivity contribution is 0.174. The van der Waals surface area contributed by atoms with Gasteiger partial charge >= 0.3 is 0 Å². The first-order chi connectivity index (χ1) is 9.74. The van der Waals surface area contributed by atoms with Crippen LogP contribution in [-0.2, 0) is 0 Å². The topological polar surface area (TPSA) is 35.0 Å². The van der Waals surface area contributed by atoms with Gasteiger partial charge in [-0.3, -0.25) is 0 Å². The van der Waals surface area contributed by atoms with E-state index in [4.69, 9.17) is 4.74 Å². The minimum absolute atomic E-state index is 0.248. The van der Waals surface area contributed by atoms with Gasteiger partial charge in [0.05, 0.1) is 12.3 Å². The molecule has 20 heavy (non-hydrogen) atoms. The number of benzene rings is 1. The normalized spacial score (nSPS) is 14.9. The summed E-state index contributed by atoms with van der Waals surface area (Å²) in [5.41, 5.74) is 2.57. The zero-order chi connectivity index (χ0) is 13.9. The summed E-state index contributed by atoms with van der Waals surface area (Å²) in [5, 5.41) is 0. The van der Waals surface area contributed by atoms with Crippen LogP contribution in [0, 0.1) is 18.7 Å². The van der Waals surface area contributed by atoms with E-state index < -0.39 is 0 Å². The van der Waals surface area contributed by atoms with Gasteiger partial charge in [-0.1, -0.05) is 6.42 Å². The summed E-state index contributed by atoms with van der Waals surface area (Å²) < 4.78 is 18.8. The van der Waals surface area contributed by atoms with E-state index in [1.165, 1.54) is 37.7 Å². The molecular weight excluding hydrogens is 255 g/mol. The average molecular weight is 272 g/mol. The molecule has 2 aromatic rings. The van der Waals surface area contributed by atoms with E-state index in [1.54, 1.807) is 12.1 Å². The Morgan fingerprint density at radius 3 is 2.60 bits per heavy atom. The van der Waals surface area contributed by atoms with Crippen LogP contribution < -0.4 is 4.74 Å². The lowest BCUT2D eigenvalue weighted by Crippen LogP contribution is -2.20. The molecule has 0 atom stereocenters. The van der Waals surface area contributed by atoms with E-state index in [-0.39, 0.29) is 5.82 Å². The zero-order valence-electron chi connectivity index (χ0n) is 11.5. The number of hydrogen-bond donors (Lipinski definition) is 0. The summed E-state index contributed by atoms with van der Waals surface area (Å²) in [6.45, 7) is 2.66. The smallest absolute Gasteiger partial charge is 0.219 e. The van der Waals surface area contributed by atoms with Crippen molar-refractivity contribution in [3.8, 4) is 17.1 Å². The van der Waals surface area contributed by atoms with Crippen LogP contribution in [0.1, 0.15) is 24.8 Å². The monoisotopic (exact) mass is 272 g/mol. The van der Waals surface area contributed by atoms with Gasteiger partial charge in [0.15, 0.2) is 0 Å². The fourth-order valence-corrected chi connectivity index (χ4v) is 2.33. The Balaban J connectivity index is 1.82. The van der Waals surface area contributed by atoms with Gasteiger partial charge in [-0.2, -0.15) is 0 Å². The molecule has 0 aliphatic heterocycles. The lowest BCUT2D eigenvalue weighted by atomic mass is 9.86. The minimum Gasteiger partial charge on any atom is -0.477 e. The number of nitrogens with zero attached hydrogens (tertiary/aromatic N) is 2. The molecule has 1 aliphatic carbocycles. The summed E-state index contributed by atoms with van der Waals surface area (Å²) >= 11 is 0. The highest BCUT2D eigenvalue weighted by molar-refractivity contribution is 5.64. The van der Waals surface area contributed by atoms with Crippen molar-refractivity contribution in [2.24, 2.45) is 5.92 Å². The van der Waals surface area contributed by atoms with E-state index in [0.29, 0.717) is 11.8 Å². The summed E-state index contributed by atoms with van der Waals surface area (Å²) in [5.74, 6) is 1.05. The highest BCUT2D eigenvalue weighted by atomic mass is 19.1. The van der Waals surface area contributed by atoms with Crippen molar-refractivity contribution >= 4 is 0 Å². The molecule has 4 heteroatoms.